The predicted molar refractivity (Wildman–Crippen MR) is 81.1 cm³/mol. The molecule has 1 aromatic carbocycles. The van der Waals surface area contributed by atoms with E-state index in [1.54, 1.807) is 0 Å². The Balaban J connectivity index is 2.54. The molecule has 0 aromatic heterocycles. The molecule has 0 spiro atoms. The fourth-order valence-electron chi connectivity index (χ4n) is 1.60. The summed E-state index contributed by atoms with van der Waals surface area (Å²) in [6.45, 7) is 6.20. The van der Waals surface area contributed by atoms with Gasteiger partial charge in [-0.25, -0.2) is 0 Å². The van der Waals surface area contributed by atoms with Crippen LogP contribution in [0.4, 0.5) is 0 Å². The van der Waals surface area contributed by atoms with Gasteiger partial charge in [0, 0.05) is 11.9 Å². The first-order chi connectivity index (χ1) is 9.20. The lowest BCUT2D eigenvalue weighted by atomic mass is 9.87. The summed E-state index contributed by atoms with van der Waals surface area (Å²) in [5.41, 5.74) is 1.36. The van der Waals surface area contributed by atoms with Crippen molar-refractivity contribution in [2.75, 3.05) is 19.3 Å². The van der Waals surface area contributed by atoms with Gasteiger partial charge in [0.1, 0.15) is 6.54 Å². The molecule has 0 aliphatic carbocycles. The van der Waals surface area contributed by atoms with Crippen molar-refractivity contribution in [1.29, 1.82) is 0 Å². The molecule has 4 nitrogen and oxygen atoms in total. The van der Waals surface area contributed by atoms with Gasteiger partial charge in [-0.05, 0) is 23.1 Å². The quantitative estimate of drug-likeness (QED) is 0.848. The van der Waals surface area contributed by atoms with Crippen molar-refractivity contribution in [3.63, 3.8) is 0 Å². The van der Waals surface area contributed by atoms with E-state index in [1.165, 1.54) is 29.3 Å². The third kappa shape index (κ3) is 5.25. The number of rotatable bonds is 5. The first-order valence-corrected chi connectivity index (χ1v) is 7.38. The lowest BCUT2D eigenvalue weighted by molar-refractivity contribution is -0.142. The predicted octanol–water partition coefficient (Wildman–Crippen LogP) is 2.62. The van der Waals surface area contributed by atoms with Crippen molar-refractivity contribution >= 4 is 23.6 Å². The van der Waals surface area contributed by atoms with Crippen LogP contribution < -0.4 is 0 Å². The molecule has 1 aromatic rings. The topological polar surface area (TPSA) is 57.6 Å². The molecule has 0 aliphatic heterocycles. The molecule has 0 saturated heterocycles. The summed E-state index contributed by atoms with van der Waals surface area (Å²) in [5.74, 6) is -0.934. The van der Waals surface area contributed by atoms with E-state index in [4.69, 9.17) is 5.11 Å². The highest BCUT2D eigenvalue weighted by Crippen LogP contribution is 2.25. The largest absolute Gasteiger partial charge is 0.480 e. The molecule has 0 heterocycles. The van der Waals surface area contributed by atoms with Crippen molar-refractivity contribution in [3.05, 3.63) is 29.8 Å². The Morgan fingerprint density at radius 1 is 1.20 bits per heavy atom. The van der Waals surface area contributed by atoms with Crippen LogP contribution in [0.3, 0.4) is 0 Å². The number of hydrogen-bond donors (Lipinski definition) is 1. The molecular weight excluding hydrogens is 274 g/mol. The SMILES string of the molecule is CN(CC(=O)O)C(=O)CSc1ccc(C(C)(C)C)cc1. The van der Waals surface area contributed by atoms with Crippen LogP contribution in [-0.4, -0.2) is 41.2 Å². The van der Waals surface area contributed by atoms with Crippen molar-refractivity contribution in [3.8, 4) is 0 Å². The van der Waals surface area contributed by atoms with Crippen LogP contribution in [0.2, 0.25) is 0 Å². The molecule has 0 fully saturated rings. The maximum absolute atomic E-state index is 11.7. The Bertz CT molecular complexity index is 477. The zero-order valence-electron chi connectivity index (χ0n) is 12.3. The van der Waals surface area contributed by atoms with Crippen molar-refractivity contribution < 1.29 is 14.7 Å². The van der Waals surface area contributed by atoms with Crippen molar-refractivity contribution in [2.24, 2.45) is 0 Å². The zero-order valence-corrected chi connectivity index (χ0v) is 13.2. The minimum atomic E-state index is -1.000. The van der Waals surface area contributed by atoms with Crippen LogP contribution in [-0.2, 0) is 15.0 Å². The summed E-state index contributed by atoms with van der Waals surface area (Å²) in [6, 6.07) is 8.12. The lowest BCUT2D eigenvalue weighted by Crippen LogP contribution is -2.33. The number of carboxylic acids is 1. The second-order valence-corrected chi connectivity index (χ2v) is 6.76. The zero-order chi connectivity index (χ0) is 15.3. The van der Waals surface area contributed by atoms with E-state index in [1.807, 2.05) is 12.1 Å². The summed E-state index contributed by atoms with van der Waals surface area (Å²) >= 11 is 1.42. The van der Waals surface area contributed by atoms with Gasteiger partial charge in [-0.1, -0.05) is 32.9 Å². The van der Waals surface area contributed by atoms with E-state index >= 15 is 0 Å². The molecule has 0 saturated carbocycles. The van der Waals surface area contributed by atoms with Gasteiger partial charge >= 0.3 is 5.97 Å². The molecule has 1 amide bonds. The Morgan fingerprint density at radius 3 is 2.20 bits per heavy atom. The Morgan fingerprint density at radius 2 is 1.75 bits per heavy atom. The van der Waals surface area contributed by atoms with Crippen LogP contribution in [0.15, 0.2) is 29.2 Å². The number of carboxylic acid groups (broad SMARTS) is 1. The molecule has 0 unspecified atom stereocenters. The molecule has 110 valence electrons. The lowest BCUT2D eigenvalue weighted by Gasteiger charge is -2.19. The number of carbonyl (C=O) groups excluding carboxylic acids is 1. The summed E-state index contributed by atoms with van der Waals surface area (Å²) in [6.07, 6.45) is 0. The molecule has 0 atom stereocenters. The second-order valence-electron chi connectivity index (χ2n) is 5.71. The Labute approximate surface area is 124 Å². The summed E-state index contributed by atoms with van der Waals surface area (Å²) in [7, 11) is 1.50. The molecule has 0 aliphatic rings. The van der Waals surface area contributed by atoms with Crippen LogP contribution in [0, 0.1) is 0 Å². The van der Waals surface area contributed by atoms with E-state index in [0.717, 1.165) is 4.90 Å². The maximum Gasteiger partial charge on any atom is 0.323 e. The maximum atomic E-state index is 11.7. The summed E-state index contributed by atoms with van der Waals surface area (Å²) in [4.78, 5) is 24.5. The highest BCUT2D eigenvalue weighted by molar-refractivity contribution is 8.00. The van der Waals surface area contributed by atoms with Crippen molar-refractivity contribution in [1.82, 2.24) is 4.90 Å². The van der Waals surface area contributed by atoms with Gasteiger partial charge in [-0.2, -0.15) is 0 Å². The third-order valence-electron chi connectivity index (χ3n) is 2.88. The standard InChI is InChI=1S/C15H21NO3S/c1-15(2,3)11-5-7-12(8-6-11)20-10-13(17)16(4)9-14(18)19/h5-8H,9-10H2,1-4H3,(H,18,19). The van der Waals surface area contributed by atoms with Gasteiger partial charge in [0.05, 0.1) is 5.75 Å². The van der Waals surface area contributed by atoms with Gasteiger partial charge in [0.15, 0.2) is 0 Å². The number of thioether (sulfide) groups is 1. The average molecular weight is 295 g/mol. The minimum absolute atomic E-state index is 0.112. The van der Waals surface area contributed by atoms with Crippen LogP contribution >= 0.6 is 11.8 Å². The summed E-state index contributed by atoms with van der Waals surface area (Å²) in [5, 5.41) is 8.62. The number of hydrogen-bond acceptors (Lipinski definition) is 3. The minimum Gasteiger partial charge on any atom is -0.480 e. The Hall–Kier alpha value is -1.49. The fourth-order valence-corrected chi connectivity index (χ4v) is 2.44. The van der Waals surface area contributed by atoms with Gasteiger partial charge in [-0.3, -0.25) is 9.59 Å². The Kier molecular flexibility index (Phi) is 5.62. The second kappa shape index (κ2) is 6.79. The van der Waals surface area contributed by atoms with Gasteiger partial charge in [-0.15, -0.1) is 11.8 Å². The number of amides is 1. The third-order valence-corrected chi connectivity index (χ3v) is 3.88. The number of nitrogens with zero attached hydrogens (tertiary/aromatic N) is 1. The van der Waals surface area contributed by atoms with E-state index in [-0.39, 0.29) is 23.6 Å². The van der Waals surface area contributed by atoms with E-state index in [2.05, 4.69) is 32.9 Å². The molecular formula is C15H21NO3S. The van der Waals surface area contributed by atoms with Crippen LogP contribution in [0.1, 0.15) is 26.3 Å². The number of carbonyl (C=O) groups is 2. The van der Waals surface area contributed by atoms with Crippen molar-refractivity contribution in [2.45, 2.75) is 31.1 Å². The molecule has 1 rings (SSSR count). The molecule has 5 heteroatoms. The molecule has 0 radical (unpaired) electrons. The summed E-state index contributed by atoms with van der Waals surface area (Å²) < 4.78 is 0. The van der Waals surface area contributed by atoms with Gasteiger partial charge in [0.25, 0.3) is 0 Å². The number of aliphatic carboxylic acids is 1. The normalized spacial score (nSPS) is 11.2. The van der Waals surface area contributed by atoms with Gasteiger partial charge < -0.3 is 10.0 Å². The first-order valence-electron chi connectivity index (χ1n) is 6.39. The van der Waals surface area contributed by atoms with E-state index in [0.29, 0.717) is 0 Å². The monoisotopic (exact) mass is 295 g/mol. The fraction of sp³-hybridized carbons (Fsp3) is 0.467. The van der Waals surface area contributed by atoms with Crippen LogP contribution in [0.5, 0.6) is 0 Å². The van der Waals surface area contributed by atoms with Gasteiger partial charge in [0.2, 0.25) is 5.91 Å². The molecule has 1 N–H and O–H groups in total. The average Bonchev–Trinajstić information content (AvgIpc) is 2.34. The van der Waals surface area contributed by atoms with E-state index < -0.39 is 5.97 Å². The molecule has 0 bridgehead atoms. The smallest absolute Gasteiger partial charge is 0.323 e. The highest BCUT2D eigenvalue weighted by atomic mass is 32.2. The highest BCUT2D eigenvalue weighted by Gasteiger charge is 2.14. The van der Waals surface area contributed by atoms with Crippen LogP contribution in [0.25, 0.3) is 0 Å². The first kappa shape index (κ1) is 16.6. The number of benzene rings is 1. The van der Waals surface area contributed by atoms with E-state index in [9.17, 15) is 9.59 Å². The molecule has 20 heavy (non-hydrogen) atoms. The number of likely N-dealkylation sites (N-methyl/N-ethyl adjacent to an activating group) is 1.